The van der Waals surface area contributed by atoms with Gasteiger partial charge in [-0.2, -0.15) is 4.24 Å². The Hall–Kier alpha value is -1.67. The largest absolute Gasteiger partial charge is 0.227 e. The van der Waals surface area contributed by atoms with E-state index in [1.54, 1.807) is 0 Å². The SMILES string of the molecule is C=[n+]1ccccc1=c1sc2c(c1C)CC=CC=2. The van der Waals surface area contributed by atoms with E-state index in [4.69, 9.17) is 0 Å². The van der Waals surface area contributed by atoms with Crippen LogP contribution in [0.3, 0.4) is 0 Å². The molecule has 2 aromatic heterocycles. The summed E-state index contributed by atoms with van der Waals surface area (Å²) >= 11 is 1.86. The lowest BCUT2D eigenvalue weighted by Crippen LogP contribution is -2.14. The molecule has 84 valence electrons. The van der Waals surface area contributed by atoms with Crippen LogP contribution in [-0.2, 0) is 6.42 Å². The average molecular weight is 240 g/mol. The predicted molar refractivity (Wildman–Crippen MR) is 71.1 cm³/mol. The van der Waals surface area contributed by atoms with Crippen molar-refractivity contribution >= 4 is 17.4 Å². The summed E-state index contributed by atoms with van der Waals surface area (Å²) in [7, 11) is 0. The van der Waals surface area contributed by atoms with Gasteiger partial charge >= 0.3 is 0 Å². The number of rotatable bonds is 0. The number of hydrogen-bond acceptors (Lipinski definition) is 1. The third-order valence-corrected chi connectivity index (χ3v) is 4.50. The summed E-state index contributed by atoms with van der Waals surface area (Å²) in [5.74, 6) is 0. The Kier molecular flexibility index (Phi) is 2.45. The predicted octanol–water partition coefficient (Wildman–Crippen LogP) is 2.16. The fraction of sp³-hybridized carbons (Fsp3) is 0.133. The number of fused-ring (bicyclic) bond motifs is 1. The van der Waals surface area contributed by atoms with Crippen molar-refractivity contribution < 1.29 is 4.24 Å². The number of aromatic nitrogens is 1. The van der Waals surface area contributed by atoms with Crippen LogP contribution in [-0.4, -0.2) is 0 Å². The van der Waals surface area contributed by atoms with Gasteiger partial charge in [-0.05, 0) is 36.6 Å². The Morgan fingerprint density at radius 2 is 2.24 bits per heavy atom. The molecule has 17 heavy (non-hydrogen) atoms. The lowest BCUT2D eigenvalue weighted by Gasteiger charge is -1.97. The lowest BCUT2D eigenvalue weighted by atomic mass is 10.1. The summed E-state index contributed by atoms with van der Waals surface area (Å²) in [6.45, 7) is 6.25. The smallest absolute Gasteiger partial charge is 0.173 e. The van der Waals surface area contributed by atoms with E-state index in [0.29, 0.717) is 0 Å². The molecule has 0 spiro atoms. The Labute approximate surface area is 104 Å². The molecule has 0 aliphatic heterocycles. The Morgan fingerprint density at radius 3 is 3.00 bits per heavy atom. The molecule has 2 heteroatoms. The number of pyridine rings is 1. The molecule has 2 heterocycles. The standard InChI is InChI=1S/C15H14NS/c1-11-12-7-3-4-9-14(12)17-15(11)13-8-5-6-10-16(13)2/h3-6,8-10H,2,7H2,1H3/q+1. The van der Waals surface area contributed by atoms with Gasteiger partial charge in [0.25, 0.3) is 0 Å². The van der Waals surface area contributed by atoms with Crippen molar-refractivity contribution in [2.24, 2.45) is 0 Å². The van der Waals surface area contributed by atoms with Crippen LogP contribution in [0.2, 0.25) is 0 Å². The van der Waals surface area contributed by atoms with E-state index in [9.17, 15) is 0 Å². The fourth-order valence-corrected chi connectivity index (χ4v) is 3.52. The van der Waals surface area contributed by atoms with Gasteiger partial charge in [-0.1, -0.05) is 12.2 Å². The van der Waals surface area contributed by atoms with Gasteiger partial charge in [-0.3, -0.25) is 0 Å². The van der Waals surface area contributed by atoms with Crippen LogP contribution in [0.1, 0.15) is 11.1 Å². The van der Waals surface area contributed by atoms with E-state index in [1.165, 1.54) is 25.5 Å². The third kappa shape index (κ3) is 1.65. The van der Waals surface area contributed by atoms with E-state index >= 15 is 0 Å². The highest BCUT2D eigenvalue weighted by Crippen LogP contribution is 2.14. The zero-order valence-corrected chi connectivity index (χ0v) is 10.6. The molecular weight excluding hydrogens is 226 g/mol. The minimum absolute atomic E-state index is 1.05. The molecule has 1 aliphatic rings. The maximum atomic E-state index is 4.04. The summed E-state index contributed by atoms with van der Waals surface area (Å²) in [5.41, 5.74) is 2.87. The molecule has 1 nitrogen and oxygen atoms in total. The van der Waals surface area contributed by atoms with E-state index in [-0.39, 0.29) is 0 Å². The van der Waals surface area contributed by atoms with Crippen LogP contribution in [0.4, 0.5) is 0 Å². The van der Waals surface area contributed by atoms with Crippen molar-refractivity contribution in [1.82, 2.24) is 0 Å². The summed E-state index contributed by atoms with van der Waals surface area (Å²) in [5, 5.41) is 1.19. The molecule has 3 rings (SSSR count). The molecule has 1 aliphatic carbocycles. The molecule has 0 amide bonds. The zero-order valence-electron chi connectivity index (χ0n) is 9.81. The molecule has 0 bridgehead atoms. The van der Waals surface area contributed by atoms with Gasteiger partial charge in [0, 0.05) is 16.7 Å². The molecule has 0 N–H and O–H groups in total. The van der Waals surface area contributed by atoms with E-state index < -0.39 is 0 Å². The van der Waals surface area contributed by atoms with E-state index in [1.807, 2.05) is 27.8 Å². The van der Waals surface area contributed by atoms with Crippen LogP contribution in [0.25, 0.3) is 6.08 Å². The first-order valence-electron chi connectivity index (χ1n) is 5.71. The van der Waals surface area contributed by atoms with Crippen molar-refractivity contribution in [2.45, 2.75) is 13.3 Å². The third-order valence-electron chi connectivity index (χ3n) is 3.18. The highest BCUT2D eigenvalue weighted by atomic mass is 32.1. The van der Waals surface area contributed by atoms with Crippen molar-refractivity contribution in [2.75, 3.05) is 0 Å². The molecule has 0 unspecified atom stereocenters. The quantitative estimate of drug-likeness (QED) is 0.622. The van der Waals surface area contributed by atoms with Gasteiger partial charge in [-0.25, -0.2) is 0 Å². The van der Waals surface area contributed by atoms with Crippen molar-refractivity contribution in [3.8, 4) is 0 Å². The molecule has 0 radical (unpaired) electrons. The van der Waals surface area contributed by atoms with Crippen molar-refractivity contribution in [3.05, 3.63) is 68.8 Å². The second-order valence-electron chi connectivity index (χ2n) is 4.25. The van der Waals surface area contributed by atoms with Gasteiger partial charge in [0.2, 0.25) is 5.35 Å². The van der Waals surface area contributed by atoms with Crippen LogP contribution in [0.5, 0.6) is 0 Å². The Bertz CT molecular complexity index is 796. The number of hydrogen-bond donors (Lipinski definition) is 0. The highest BCUT2D eigenvalue weighted by Gasteiger charge is 2.09. The normalized spacial score (nSPS) is 15.4. The molecule has 0 saturated heterocycles. The van der Waals surface area contributed by atoms with Crippen LogP contribution >= 0.6 is 11.3 Å². The molecule has 0 atom stereocenters. The number of nitrogens with zero attached hydrogens (tertiary/aromatic N) is 1. The van der Waals surface area contributed by atoms with Crippen LogP contribution < -0.4 is 8.78 Å². The second-order valence-corrected chi connectivity index (χ2v) is 5.31. The minimum Gasteiger partial charge on any atom is -0.173 e. The first kappa shape index (κ1) is 10.5. The Morgan fingerprint density at radius 1 is 1.35 bits per heavy atom. The monoisotopic (exact) mass is 240 g/mol. The van der Waals surface area contributed by atoms with Crippen molar-refractivity contribution in [3.63, 3.8) is 0 Å². The molecular formula is C15H14NS+. The molecule has 0 saturated carbocycles. The zero-order chi connectivity index (χ0) is 11.8. The average Bonchev–Trinajstić information content (AvgIpc) is 2.68. The maximum Gasteiger partial charge on any atom is 0.227 e. The Balaban J connectivity index is 2.55. The molecule has 2 aromatic rings. The number of allylic oxidation sites excluding steroid dienone is 2. The summed E-state index contributed by atoms with van der Waals surface area (Å²) in [6.07, 6.45) is 9.62. The van der Waals surface area contributed by atoms with Crippen molar-refractivity contribution in [1.29, 1.82) is 0 Å². The van der Waals surface area contributed by atoms with Crippen LogP contribution in [0.15, 0.2) is 36.5 Å². The number of thiophene rings is 1. The fourth-order valence-electron chi connectivity index (χ4n) is 2.23. The van der Waals surface area contributed by atoms with Gasteiger partial charge in [0.15, 0.2) is 6.20 Å². The van der Waals surface area contributed by atoms with E-state index in [2.05, 4.69) is 44.0 Å². The lowest BCUT2D eigenvalue weighted by molar-refractivity contribution is -0.509. The summed E-state index contributed by atoms with van der Waals surface area (Å²) in [4.78, 5) is 0. The topological polar surface area (TPSA) is 5.90 Å². The van der Waals surface area contributed by atoms with Gasteiger partial charge in [0.1, 0.15) is 11.2 Å². The summed E-state index contributed by atoms with van der Waals surface area (Å²) in [6, 6.07) is 6.20. The second kappa shape index (κ2) is 3.97. The van der Waals surface area contributed by atoms with Crippen LogP contribution in [0, 0.1) is 23.5 Å². The molecule has 0 aromatic carbocycles. The minimum atomic E-state index is 1.05. The molecule has 0 fully saturated rings. The first-order chi connectivity index (χ1) is 8.27. The van der Waals surface area contributed by atoms with E-state index in [0.717, 1.165) is 6.42 Å². The van der Waals surface area contributed by atoms with Gasteiger partial charge in [0.05, 0.1) is 0 Å². The first-order valence-corrected chi connectivity index (χ1v) is 6.53. The highest BCUT2D eigenvalue weighted by molar-refractivity contribution is 7.08. The van der Waals surface area contributed by atoms with Gasteiger partial charge in [-0.15, -0.1) is 11.3 Å². The summed E-state index contributed by atoms with van der Waals surface area (Å²) < 4.78 is 4.67. The van der Waals surface area contributed by atoms with Gasteiger partial charge < -0.3 is 0 Å². The maximum absolute atomic E-state index is 4.04.